The number of fused-ring (bicyclic) bond motifs is 2. The molecular weight excluding hydrogens is 256 g/mol. The fourth-order valence-electron chi connectivity index (χ4n) is 2.20. The summed E-state index contributed by atoms with van der Waals surface area (Å²) in [5.41, 5.74) is 1.87. The van der Waals surface area contributed by atoms with E-state index >= 15 is 0 Å². The van der Waals surface area contributed by atoms with Crippen molar-refractivity contribution in [2.75, 3.05) is 0 Å². The van der Waals surface area contributed by atoms with Crippen LogP contribution in [0.15, 0.2) is 42.5 Å². The molecule has 0 aliphatic carbocycles. The topological polar surface area (TPSA) is 52.6 Å². The summed E-state index contributed by atoms with van der Waals surface area (Å²) in [5, 5.41) is 0. The van der Waals surface area contributed by atoms with Crippen LogP contribution in [-0.2, 0) is 16.0 Å². The van der Waals surface area contributed by atoms with E-state index in [-0.39, 0.29) is 6.42 Å². The third-order valence-electron chi connectivity index (χ3n) is 3.12. The van der Waals surface area contributed by atoms with E-state index in [0.717, 1.165) is 16.9 Å². The molecule has 0 fully saturated rings. The molecule has 0 N–H and O–H groups in total. The minimum atomic E-state index is -0.563. The molecule has 2 aromatic rings. The molecule has 0 saturated heterocycles. The number of carbonyl (C=O) groups excluding carboxylic acids is 2. The minimum Gasteiger partial charge on any atom is -0.457 e. The summed E-state index contributed by atoms with van der Waals surface area (Å²) in [7, 11) is 0. The van der Waals surface area contributed by atoms with Crippen LogP contribution in [0.25, 0.3) is 0 Å². The molecule has 100 valence electrons. The van der Waals surface area contributed by atoms with Gasteiger partial charge in [0, 0.05) is 12.0 Å². The Morgan fingerprint density at radius 1 is 1.15 bits per heavy atom. The van der Waals surface area contributed by atoms with Crippen LogP contribution < -0.4 is 9.47 Å². The van der Waals surface area contributed by atoms with Crippen LogP contribution in [0.4, 0.5) is 0 Å². The van der Waals surface area contributed by atoms with E-state index in [9.17, 15) is 9.59 Å². The molecule has 0 atom stereocenters. The largest absolute Gasteiger partial charge is 0.457 e. The number of ether oxygens (including phenoxy) is 2. The molecule has 1 heterocycles. The molecule has 0 bridgehead atoms. The summed E-state index contributed by atoms with van der Waals surface area (Å²) in [6.07, 6.45) is 0.917. The second-order valence-corrected chi connectivity index (χ2v) is 4.46. The van der Waals surface area contributed by atoms with Crippen molar-refractivity contribution < 1.29 is 19.1 Å². The molecule has 0 unspecified atom stereocenters. The zero-order valence-electron chi connectivity index (χ0n) is 10.7. The van der Waals surface area contributed by atoms with E-state index in [1.807, 2.05) is 30.3 Å². The Bertz CT molecular complexity index is 676. The fraction of sp³-hybridized carbons (Fsp3) is 0.125. The number of rotatable bonds is 3. The number of para-hydroxylation sites is 1. The molecule has 0 spiro atoms. The number of carbonyl (C=O) groups is 2. The highest BCUT2D eigenvalue weighted by atomic mass is 16.5. The number of aldehydes is 1. The van der Waals surface area contributed by atoms with Crippen molar-refractivity contribution >= 4 is 12.3 Å². The molecule has 4 heteroatoms. The van der Waals surface area contributed by atoms with Crippen LogP contribution in [0.2, 0.25) is 0 Å². The van der Waals surface area contributed by atoms with Crippen molar-refractivity contribution in [3.05, 3.63) is 53.6 Å². The summed E-state index contributed by atoms with van der Waals surface area (Å²) in [6.45, 7) is 0. The Kier molecular flexibility index (Phi) is 3.21. The quantitative estimate of drug-likeness (QED) is 0.317. The van der Waals surface area contributed by atoms with Crippen LogP contribution in [-0.4, -0.2) is 12.3 Å². The van der Waals surface area contributed by atoms with Crippen molar-refractivity contribution in [2.24, 2.45) is 0 Å². The van der Waals surface area contributed by atoms with Gasteiger partial charge in [0.15, 0.2) is 0 Å². The van der Waals surface area contributed by atoms with E-state index in [2.05, 4.69) is 0 Å². The standard InChI is InChI=1S/C16H12O4/c17-9-8-16(18)20-15-7-3-6-14-12(15)10-11-4-1-2-5-13(11)19-14/h1-7,9H,8,10H2. The Morgan fingerprint density at radius 2 is 1.95 bits per heavy atom. The normalized spacial score (nSPS) is 11.8. The van der Waals surface area contributed by atoms with Gasteiger partial charge in [0.2, 0.25) is 0 Å². The highest BCUT2D eigenvalue weighted by molar-refractivity contribution is 5.85. The summed E-state index contributed by atoms with van der Waals surface area (Å²) < 4.78 is 11.0. The Labute approximate surface area is 115 Å². The van der Waals surface area contributed by atoms with E-state index < -0.39 is 5.97 Å². The molecule has 0 amide bonds. The van der Waals surface area contributed by atoms with Crippen LogP contribution in [0.5, 0.6) is 17.2 Å². The lowest BCUT2D eigenvalue weighted by Crippen LogP contribution is -2.11. The third-order valence-corrected chi connectivity index (χ3v) is 3.12. The lowest BCUT2D eigenvalue weighted by Gasteiger charge is -2.21. The van der Waals surface area contributed by atoms with Gasteiger partial charge in [-0.25, -0.2) is 0 Å². The Hall–Kier alpha value is -2.62. The summed E-state index contributed by atoms with van der Waals surface area (Å²) in [4.78, 5) is 21.8. The van der Waals surface area contributed by atoms with Gasteiger partial charge < -0.3 is 14.3 Å². The van der Waals surface area contributed by atoms with Crippen molar-refractivity contribution in [1.29, 1.82) is 0 Å². The van der Waals surface area contributed by atoms with Gasteiger partial charge in [-0.15, -0.1) is 0 Å². The average molecular weight is 268 g/mol. The van der Waals surface area contributed by atoms with Gasteiger partial charge in [-0.2, -0.15) is 0 Å². The maximum atomic E-state index is 11.4. The van der Waals surface area contributed by atoms with E-state index in [0.29, 0.717) is 24.2 Å². The van der Waals surface area contributed by atoms with Crippen molar-refractivity contribution in [3.8, 4) is 17.2 Å². The summed E-state index contributed by atoms with van der Waals surface area (Å²) >= 11 is 0. The smallest absolute Gasteiger partial charge is 0.318 e. The van der Waals surface area contributed by atoms with Crippen LogP contribution in [0, 0.1) is 0 Å². The first-order valence-electron chi connectivity index (χ1n) is 6.30. The predicted molar refractivity (Wildman–Crippen MR) is 72.1 cm³/mol. The van der Waals surface area contributed by atoms with Crippen molar-refractivity contribution in [2.45, 2.75) is 12.8 Å². The number of benzene rings is 2. The molecule has 0 saturated carbocycles. The van der Waals surface area contributed by atoms with Crippen molar-refractivity contribution in [3.63, 3.8) is 0 Å². The predicted octanol–water partition coefficient (Wildman–Crippen LogP) is 2.88. The highest BCUT2D eigenvalue weighted by Crippen LogP contribution is 2.40. The average Bonchev–Trinajstić information content (AvgIpc) is 2.46. The maximum Gasteiger partial charge on any atom is 0.318 e. The van der Waals surface area contributed by atoms with Crippen molar-refractivity contribution in [1.82, 2.24) is 0 Å². The molecule has 0 aromatic heterocycles. The molecular formula is C16H12O4. The zero-order valence-corrected chi connectivity index (χ0v) is 10.7. The van der Waals surface area contributed by atoms with E-state index in [1.165, 1.54) is 0 Å². The highest BCUT2D eigenvalue weighted by Gasteiger charge is 2.21. The van der Waals surface area contributed by atoms with Gasteiger partial charge in [0.1, 0.15) is 30.0 Å². The maximum absolute atomic E-state index is 11.4. The first-order chi connectivity index (χ1) is 9.78. The summed E-state index contributed by atoms with van der Waals surface area (Å²) in [6, 6.07) is 13.0. The molecule has 1 aliphatic heterocycles. The molecule has 20 heavy (non-hydrogen) atoms. The van der Waals surface area contributed by atoms with E-state index in [1.54, 1.807) is 12.1 Å². The van der Waals surface area contributed by atoms with Gasteiger partial charge in [-0.3, -0.25) is 4.79 Å². The van der Waals surface area contributed by atoms with Gasteiger partial charge in [-0.05, 0) is 23.8 Å². The lowest BCUT2D eigenvalue weighted by molar-refractivity contribution is -0.135. The fourth-order valence-corrected chi connectivity index (χ4v) is 2.20. The molecule has 1 aliphatic rings. The SMILES string of the molecule is O=CCC(=O)Oc1cccc2c1Cc1ccccc1O2. The van der Waals surface area contributed by atoms with Crippen LogP contribution in [0.3, 0.4) is 0 Å². The van der Waals surface area contributed by atoms with Crippen LogP contribution >= 0.6 is 0 Å². The van der Waals surface area contributed by atoms with Gasteiger partial charge in [0.25, 0.3) is 0 Å². The second kappa shape index (κ2) is 5.17. The zero-order chi connectivity index (χ0) is 13.9. The molecule has 4 nitrogen and oxygen atoms in total. The molecule has 3 rings (SSSR count). The van der Waals surface area contributed by atoms with E-state index in [4.69, 9.17) is 9.47 Å². The third kappa shape index (κ3) is 2.28. The van der Waals surface area contributed by atoms with Crippen LogP contribution in [0.1, 0.15) is 17.5 Å². The Balaban J connectivity index is 1.93. The lowest BCUT2D eigenvalue weighted by atomic mass is 9.99. The monoisotopic (exact) mass is 268 g/mol. The minimum absolute atomic E-state index is 0.249. The Morgan fingerprint density at radius 3 is 2.80 bits per heavy atom. The van der Waals surface area contributed by atoms with Gasteiger partial charge >= 0.3 is 5.97 Å². The number of hydrogen-bond acceptors (Lipinski definition) is 4. The van der Waals surface area contributed by atoms with Gasteiger partial charge in [-0.1, -0.05) is 24.3 Å². The number of esters is 1. The number of hydrogen-bond donors (Lipinski definition) is 0. The molecule has 2 aromatic carbocycles. The molecule has 0 radical (unpaired) electrons. The first kappa shape index (κ1) is 12.4. The van der Waals surface area contributed by atoms with Gasteiger partial charge in [0.05, 0.1) is 0 Å². The second-order valence-electron chi connectivity index (χ2n) is 4.46. The summed E-state index contributed by atoms with van der Waals surface area (Å²) in [5.74, 6) is 1.38. The first-order valence-corrected chi connectivity index (χ1v) is 6.30.